The molecule has 0 amide bonds. The first-order valence-electron chi connectivity index (χ1n) is 4.42. The number of hydrogen-bond donors (Lipinski definition) is 2. The summed E-state index contributed by atoms with van der Waals surface area (Å²) in [6.07, 6.45) is 0. The van der Waals surface area contributed by atoms with Crippen LogP contribution in [0.5, 0.6) is 0 Å². The van der Waals surface area contributed by atoms with Crippen molar-refractivity contribution in [1.29, 1.82) is 0 Å². The highest BCUT2D eigenvalue weighted by Gasteiger charge is 2.39. The number of morpholine rings is 1. The summed E-state index contributed by atoms with van der Waals surface area (Å²) < 4.78 is 5.68. The zero-order valence-corrected chi connectivity index (χ0v) is 12.9. The molecular formula is C7H22N2OSi2. The first kappa shape index (κ1) is 12.3. The molecule has 3 nitrogen and oxygen atoms in total. The largest absolute Gasteiger partial charge is 0.377 e. The Hall–Kier alpha value is 0.314. The lowest BCUT2D eigenvalue weighted by atomic mass is 9.96. The van der Waals surface area contributed by atoms with Gasteiger partial charge in [0.15, 0.2) is 0 Å². The second-order valence-corrected chi connectivity index (χ2v) is 5.82. The van der Waals surface area contributed by atoms with E-state index in [-0.39, 0.29) is 10.8 Å². The van der Waals surface area contributed by atoms with Crippen molar-refractivity contribution in [3.8, 4) is 0 Å². The van der Waals surface area contributed by atoms with Gasteiger partial charge in [-0.25, -0.2) is 0 Å². The summed E-state index contributed by atoms with van der Waals surface area (Å²) in [6, 6.07) is 0. The number of nitrogens with two attached hydrogens (primary N) is 1. The van der Waals surface area contributed by atoms with Crippen LogP contribution in [-0.2, 0) is 4.74 Å². The van der Waals surface area contributed by atoms with Gasteiger partial charge in [-0.3, -0.25) is 0 Å². The lowest BCUT2D eigenvalue weighted by molar-refractivity contribution is -0.0575. The van der Waals surface area contributed by atoms with Crippen LogP contribution < -0.4 is 10.7 Å². The fraction of sp³-hybridized carbons (Fsp3) is 1.00. The highest BCUT2D eigenvalue weighted by molar-refractivity contribution is 6.15. The molecule has 1 saturated heterocycles. The molecule has 1 rings (SSSR count). The third-order valence-corrected chi connectivity index (χ3v) is 4.18. The molecular weight excluding hydrogens is 184 g/mol. The van der Waals surface area contributed by atoms with Crippen molar-refractivity contribution in [2.45, 2.75) is 31.5 Å². The third kappa shape index (κ3) is 2.67. The SMILES string of the molecule is CC1(C)NCCOC1(C)[SiH3].N[SiH3]. The quantitative estimate of drug-likeness (QED) is 0.438. The van der Waals surface area contributed by atoms with Crippen molar-refractivity contribution < 1.29 is 4.74 Å². The number of nitrogens with one attached hydrogen (secondary N) is 1. The average molecular weight is 206 g/mol. The Morgan fingerprint density at radius 1 is 1.33 bits per heavy atom. The molecule has 0 aliphatic carbocycles. The van der Waals surface area contributed by atoms with Gasteiger partial charge in [-0.05, 0) is 20.8 Å². The molecule has 0 bridgehead atoms. The van der Waals surface area contributed by atoms with Gasteiger partial charge >= 0.3 is 0 Å². The van der Waals surface area contributed by atoms with E-state index < -0.39 is 0 Å². The molecule has 0 aromatic carbocycles. The van der Waals surface area contributed by atoms with Gasteiger partial charge in [0.2, 0.25) is 0 Å². The van der Waals surface area contributed by atoms with Crippen LogP contribution in [0.25, 0.3) is 0 Å². The summed E-state index contributed by atoms with van der Waals surface area (Å²) >= 11 is 0. The molecule has 0 radical (unpaired) electrons. The van der Waals surface area contributed by atoms with E-state index in [0.717, 1.165) is 33.8 Å². The predicted molar refractivity (Wildman–Crippen MR) is 60.5 cm³/mol. The lowest BCUT2D eigenvalue weighted by Crippen LogP contribution is -2.64. The minimum absolute atomic E-state index is 0.102. The zero-order chi connectivity index (χ0) is 9.83. The van der Waals surface area contributed by atoms with Crippen LogP contribution in [-0.4, -0.2) is 44.6 Å². The van der Waals surface area contributed by atoms with Crippen molar-refractivity contribution in [3.05, 3.63) is 0 Å². The van der Waals surface area contributed by atoms with Crippen LogP contribution >= 0.6 is 0 Å². The summed E-state index contributed by atoms with van der Waals surface area (Å²) in [6.45, 7) is 8.46. The van der Waals surface area contributed by atoms with Gasteiger partial charge in [0.05, 0.1) is 22.2 Å². The van der Waals surface area contributed by atoms with E-state index >= 15 is 0 Å². The van der Waals surface area contributed by atoms with Crippen LogP contribution in [0.2, 0.25) is 0 Å². The molecule has 1 unspecified atom stereocenters. The van der Waals surface area contributed by atoms with Crippen LogP contribution in [0.4, 0.5) is 0 Å². The fourth-order valence-electron chi connectivity index (χ4n) is 1.06. The predicted octanol–water partition coefficient (Wildman–Crippen LogP) is -2.31. The lowest BCUT2D eigenvalue weighted by Gasteiger charge is -2.46. The van der Waals surface area contributed by atoms with Gasteiger partial charge in [-0.15, -0.1) is 0 Å². The monoisotopic (exact) mass is 206 g/mol. The Morgan fingerprint density at radius 2 is 1.83 bits per heavy atom. The highest BCUT2D eigenvalue weighted by Crippen LogP contribution is 2.24. The van der Waals surface area contributed by atoms with Crippen molar-refractivity contribution in [2.75, 3.05) is 13.2 Å². The smallest absolute Gasteiger partial charge is 0.0716 e. The molecule has 0 aromatic heterocycles. The highest BCUT2D eigenvalue weighted by atomic mass is 28.2. The van der Waals surface area contributed by atoms with Crippen molar-refractivity contribution >= 4 is 20.6 Å². The Kier molecular flexibility index (Phi) is 4.64. The summed E-state index contributed by atoms with van der Waals surface area (Å²) in [4.78, 5) is 0. The molecule has 0 saturated carbocycles. The minimum Gasteiger partial charge on any atom is -0.377 e. The number of ether oxygens (including phenoxy) is 1. The van der Waals surface area contributed by atoms with Gasteiger partial charge < -0.3 is 15.5 Å². The van der Waals surface area contributed by atoms with Gasteiger partial charge in [0.25, 0.3) is 0 Å². The molecule has 1 fully saturated rings. The minimum atomic E-state index is 0.102. The maximum atomic E-state index is 5.68. The normalized spacial score (nSPS) is 34.0. The molecule has 0 spiro atoms. The third-order valence-electron chi connectivity index (χ3n) is 2.64. The molecule has 0 aromatic rings. The first-order valence-corrected chi connectivity index (χ1v) is 6.58. The maximum absolute atomic E-state index is 5.68. The van der Waals surface area contributed by atoms with E-state index in [1.165, 1.54) is 0 Å². The van der Waals surface area contributed by atoms with E-state index in [1.807, 2.05) is 0 Å². The Labute approximate surface area is 81.4 Å². The number of hydrogen-bond acceptors (Lipinski definition) is 3. The summed E-state index contributed by atoms with van der Waals surface area (Å²) in [5.74, 6) is 0. The van der Waals surface area contributed by atoms with Crippen molar-refractivity contribution in [2.24, 2.45) is 5.40 Å². The summed E-state index contributed by atoms with van der Waals surface area (Å²) in [5, 5.41) is 8.20. The van der Waals surface area contributed by atoms with E-state index in [4.69, 9.17) is 4.74 Å². The van der Waals surface area contributed by atoms with Crippen LogP contribution in [0.1, 0.15) is 20.8 Å². The molecule has 12 heavy (non-hydrogen) atoms. The van der Waals surface area contributed by atoms with Crippen molar-refractivity contribution in [1.82, 2.24) is 5.32 Å². The molecule has 74 valence electrons. The number of rotatable bonds is 0. The Balaban J connectivity index is 0.000000561. The second kappa shape index (κ2) is 4.52. The van der Waals surface area contributed by atoms with E-state index in [0.29, 0.717) is 0 Å². The standard InChI is InChI=1S/C7H17NOSi.H5NSi/c1-6(2)7(3,10)9-5-4-8-6;1-2/h8H,4-5H2,1-3,10H3;1H2,2H3. The molecule has 1 heterocycles. The Bertz CT molecular complexity index is 123. The zero-order valence-electron chi connectivity index (χ0n) is 8.90. The maximum Gasteiger partial charge on any atom is 0.0716 e. The van der Waals surface area contributed by atoms with Gasteiger partial charge in [0.1, 0.15) is 0 Å². The van der Waals surface area contributed by atoms with Gasteiger partial charge in [-0.1, -0.05) is 0 Å². The van der Waals surface area contributed by atoms with Crippen LogP contribution in [0.15, 0.2) is 0 Å². The fourth-order valence-corrected chi connectivity index (χ4v) is 1.44. The Morgan fingerprint density at radius 3 is 2.08 bits per heavy atom. The molecule has 5 heteroatoms. The first-order chi connectivity index (χ1) is 5.46. The van der Waals surface area contributed by atoms with Crippen molar-refractivity contribution in [3.63, 3.8) is 0 Å². The van der Waals surface area contributed by atoms with E-state index in [9.17, 15) is 0 Å². The topological polar surface area (TPSA) is 47.3 Å². The summed E-state index contributed by atoms with van der Waals surface area (Å²) in [5.41, 5.74) is 0.164. The van der Waals surface area contributed by atoms with Gasteiger partial charge in [-0.2, -0.15) is 0 Å². The molecule has 3 N–H and O–H groups in total. The van der Waals surface area contributed by atoms with Crippen LogP contribution in [0.3, 0.4) is 0 Å². The van der Waals surface area contributed by atoms with Crippen LogP contribution in [0, 0.1) is 0 Å². The summed E-state index contributed by atoms with van der Waals surface area (Å²) in [7, 11) is 1.89. The second-order valence-electron chi connectivity index (χ2n) is 3.91. The van der Waals surface area contributed by atoms with E-state index in [1.54, 1.807) is 0 Å². The molecule has 1 atom stereocenters. The van der Waals surface area contributed by atoms with Gasteiger partial charge in [0, 0.05) is 22.3 Å². The average Bonchev–Trinajstić information content (AvgIpc) is 2.00. The van der Waals surface area contributed by atoms with E-state index in [2.05, 4.69) is 31.5 Å². The molecule has 1 aliphatic rings. The molecule has 1 aliphatic heterocycles.